The lowest BCUT2D eigenvalue weighted by molar-refractivity contribution is 0.103. The molecule has 0 heterocycles. The molecule has 0 aromatic rings. The Morgan fingerprint density at radius 2 is 1.43 bits per heavy atom. The van der Waals surface area contributed by atoms with Crippen molar-refractivity contribution in [2.24, 2.45) is 11.0 Å². The van der Waals surface area contributed by atoms with E-state index in [4.69, 9.17) is 11.0 Å². The van der Waals surface area contributed by atoms with Gasteiger partial charge in [-0.1, -0.05) is 0 Å². The van der Waals surface area contributed by atoms with Crippen molar-refractivity contribution >= 4 is 7.59 Å². The Bertz CT molecular complexity index is 134. The number of nitrogens with one attached hydrogen (secondary N) is 1. The zero-order valence-corrected chi connectivity index (χ0v) is 9.76. The molecule has 0 fully saturated rings. The topological polar surface area (TPSA) is 90.4 Å². The first-order chi connectivity index (χ1) is 6.56. The Labute approximate surface area is 87.0 Å². The fourth-order valence-electron chi connectivity index (χ4n) is 0.165. The van der Waals surface area contributed by atoms with E-state index in [-0.39, 0.29) is 0 Å². The van der Waals surface area contributed by atoms with E-state index in [0.29, 0.717) is 6.61 Å². The van der Waals surface area contributed by atoms with Crippen LogP contribution in [0.25, 0.3) is 0 Å². The molecule has 6 heteroatoms. The van der Waals surface area contributed by atoms with E-state index < -0.39 is 7.59 Å². The van der Waals surface area contributed by atoms with Crippen LogP contribution in [0.5, 0.6) is 0 Å². The van der Waals surface area contributed by atoms with Crippen molar-refractivity contribution in [1.29, 1.82) is 0 Å². The fourth-order valence-corrected chi connectivity index (χ4v) is 0.496. The van der Waals surface area contributed by atoms with Gasteiger partial charge < -0.3 is 0 Å². The Kier molecular flexibility index (Phi) is 37.9. The highest BCUT2D eigenvalue weighted by atomic mass is 31.2. The maximum atomic E-state index is 10.3. The van der Waals surface area contributed by atoms with Gasteiger partial charge in [0.15, 0.2) is 0 Å². The molecule has 0 saturated heterocycles. The molecule has 5 nitrogen and oxygen atoms in total. The monoisotopic (exact) mass is 223 g/mol. The molecule has 0 rings (SSSR count). The molecule has 0 unspecified atom stereocenters. The quantitative estimate of drug-likeness (QED) is 0.386. The van der Waals surface area contributed by atoms with Crippen LogP contribution in [0.4, 0.5) is 0 Å². The summed E-state index contributed by atoms with van der Waals surface area (Å²) < 4.78 is 10.3. The molecule has 0 atom stereocenters. The SMILES string of the molecule is C=C.C=C.C=C.CCONP(N)(N)=O. The third-order valence-corrected chi connectivity index (χ3v) is 0.766. The van der Waals surface area contributed by atoms with Crippen LogP contribution < -0.4 is 16.3 Å². The Hall–Kier alpha value is -0.710. The summed E-state index contributed by atoms with van der Waals surface area (Å²) in [5.41, 5.74) is 9.64. The summed E-state index contributed by atoms with van der Waals surface area (Å²) in [6.45, 7) is 20.1. The Balaban J connectivity index is -0.0000000708. The lowest BCUT2D eigenvalue weighted by Crippen LogP contribution is -2.22. The van der Waals surface area contributed by atoms with Gasteiger partial charge in [-0.2, -0.15) is 0 Å². The summed E-state index contributed by atoms with van der Waals surface area (Å²) in [6.07, 6.45) is 0. The molecule has 0 aliphatic carbocycles. The standard InChI is InChI=1S/C2H10N3O2P.3C2H4/c1-2-7-5-8(3,4)6;3*1-2/h2H2,1H3,(H5,3,4,5,6);3*1-2H2. The second kappa shape index (κ2) is 22.8. The van der Waals surface area contributed by atoms with Crippen molar-refractivity contribution in [1.82, 2.24) is 5.25 Å². The van der Waals surface area contributed by atoms with Crippen LogP contribution >= 0.6 is 7.59 Å². The summed E-state index contributed by atoms with van der Waals surface area (Å²) >= 11 is 0. The highest BCUT2D eigenvalue weighted by molar-refractivity contribution is 7.56. The first-order valence-corrected chi connectivity index (χ1v) is 5.47. The molecule has 0 spiro atoms. The lowest BCUT2D eigenvalue weighted by atomic mass is 10.9. The summed E-state index contributed by atoms with van der Waals surface area (Å²) in [7, 11) is -3.15. The predicted octanol–water partition coefficient (Wildman–Crippen LogP) is 1.96. The average Bonchev–Trinajstić information content (AvgIpc) is 2.23. The minimum absolute atomic E-state index is 0.387. The zero-order valence-electron chi connectivity index (χ0n) is 8.87. The van der Waals surface area contributed by atoms with Gasteiger partial charge in [0.1, 0.15) is 0 Å². The number of hydrogen-bond acceptors (Lipinski definition) is 2. The number of hydrogen-bond donors (Lipinski definition) is 3. The molecule has 14 heavy (non-hydrogen) atoms. The van der Waals surface area contributed by atoms with Crippen molar-refractivity contribution in [3.8, 4) is 0 Å². The second-order valence-electron chi connectivity index (χ2n) is 1.23. The smallest absolute Gasteiger partial charge is 0.294 e. The van der Waals surface area contributed by atoms with E-state index in [1.807, 2.05) is 5.25 Å². The average molecular weight is 223 g/mol. The summed E-state index contributed by atoms with van der Waals surface area (Å²) in [6, 6.07) is 0. The van der Waals surface area contributed by atoms with Crippen molar-refractivity contribution < 1.29 is 9.40 Å². The Morgan fingerprint density at radius 3 is 1.50 bits per heavy atom. The maximum absolute atomic E-state index is 10.3. The second-order valence-corrected chi connectivity index (χ2v) is 2.84. The van der Waals surface area contributed by atoms with Crippen molar-refractivity contribution in [3.05, 3.63) is 39.5 Å². The van der Waals surface area contributed by atoms with Gasteiger partial charge in [-0.15, -0.1) is 44.7 Å². The van der Waals surface area contributed by atoms with Gasteiger partial charge in [0.05, 0.1) is 6.61 Å². The molecule has 0 aromatic heterocycles. The Morgan fingerprint density at radius 1 is 1.14 bits per heavy atom. The van der Waals surface area contributed by atoms with Crippen LogP contribution in [-0.2, 0) is 9.40 Å². The normalized spacial score (nSPS) is 7.64. The molecule has 0 aromatic carbocycles. The lowest BCUT2D eigenvalue weighted by Gasteiger charge is -2.05. The third kappa shape index (κ3) is 65.0. The predicted molar refractivity (Wildman–Crippen MR) is 64.5 cm³/mol. The van der Waals surface area contributed by atoms with Crippen LogP contribution in [0.2, 0.25) is 0 Å². The molecular formula is C8H22N3O2P. The zero-order chi connectivity index (χ0) is 12.6. The third-order valence-electron chi connectivity index (χ3n) is 0.352. The van der Waals surface area contributed by atoms with Gasteiger partial charge in [0.2, 0.25) is 0 Å². The van der Waals surface area contributed by atoms with Crippen molar-refractivity contribution in [2.45, 2.75) is 6.92 Å². The molecule has 86 valence electrons. The summed E-state index contributed by atoms with van der Waals surface area (Å²) in [5.74, 6) is 0. The largest absolute Gasteiger partial charge is 0.296 e. The van der Waals surface area contributed by atoms with Crippen LogP contribution in [0.15, 0.2) is 39.5 Å². The van der Waals surface area contributed by atoms with Gasteiger partial charge in [-0.3, -0.25) is 20.4 Å². The molecule has 0 aliphatic heterocycles. The molecule has 5 N–H and O–H groups in total. The molecular weight excluding hydrogens is 201 g/mol. The van der Waals surface area contributed by atoms with E-state index in [1.54, 1.807) is 6.92 Å². The van der Waals surface area contributed by atoms with Crippen LogP contribution in [0.3, 0.4) is 0 Å². The summed E-state index contributed by atoms with van der Waals surface area (Å²) in [5, 5.41) is 1.98. The van der Waals surface area contributed by atoms with Crippen molar-refractivity contribution in [2.75, 3.05) is 6.61 Å². The van der Waals surface area contributed by atoms with E-state index >= 15 is 0 Å². The minimum atomic E-state index is -3.15. The number of nitrogens with two attached hydrogens (primary N) is 2. The van der Waals surface area contributed by atoms with E-state index in [0.717, 1.165) is 0 Å². The first kappa shape index (κ1) is 23.3. The molecule has 0 bridgehead atoms. The highest BCUT2D eigenvalue weighted by Crippen LogP contribution is 2.15. The maximum Gasteiger partial charge on any atom is 0.296 e. The summed E-state index contributed by atoms with van der Waals surface area (Å²) in [4.78, 5) is 4.43. The molecule has 0 amide bonds. The van der Waals surface area contributed by atoms with Crippen molar-refractivity contribution in [3.63, 3.8) is 0 Å². The van der Waals surface area contributed by atoms with Gasteiger partial charge in [0, 0.05) is 0 Å². The van der Waals surface area contributed by atoms with Crippen LogP contribution in [-0.4, -0.2) is 6.61 Å². The first-order valence-electron chi connectivity index (χ1n) is 3.62. The van der Waals surface area contributed by atoms with Gasteiger partial charge >= 0.3 is 0 Å². The minimum Gasteiger partial charge on any atom is -0.294 e. The van der Waals surface area contributed by atoms with E-state index in [1.165, 1.54) is 0 Å². The van der Waals surface area contributed by atoms with Crippen LogP contribution in [0.1, 0.15) is 6.92 Å². The highest BCUT2D eigenvalue weighted by Gasteiger charge is 2.04. The fraction of sp³-hybridized carbons (Fsp3) is 0.250. The van der Waals surface area contributed by atoms with Gasteiger partial charge in [-0.25, -0.2) is 0 Å². The van der Waals surface area contributed by atoms with E-state index in [9.17, 15) is 4.57 Å². The van der Waals surface area contributed by atoms with E-state index in [2.05, 4.69) is 44.3 Å². The van der Waals surface area contributed by atoms with Gasteiger partial charge in [0.25, 0.3) is 7.59 Å². The molecule has 0 aliphatic rings. The molecule has 0 radical (unpaired) electrons. The van der Waals surface area contributed by atoms with Crippen LogP contribution in [0, 0.1) is 0 Å². The number of rotatable bonds is 3. The molecule has 0 saturated carbocycles. The van der Waals surface area contributed by atoms with Gasteiger partial charge in [-0.05, 0) is 6.92 Å².